The second-order valence-electron chi connectivity index (χ2n) is 3.64. The van der Waals surface area contributed by atoms with Crippen molar-refractivity contribution in [3.8, 4) is 0 Å². The number of hydrogen-bond acceptors (Lipinski definition) is 3. The van der Waals surface area contributed by atoms with Crippen LogP contribution in [-0.4, -0.2) is 12.2 Å². The fourth-order valence-corrected chi connectivity index (χ4v) is 2.92. The predicted molar refractivity (Wildman–Crippen MR) is 70.5 cm³/mol. The molecule has 0 saturated heterocycles. The van der Waals surface area contributed by atoms with Crippen molar-refractivity contribution in [2.45, 2.75) is 12.2 Å². The van der Waals surface area contributed by atoms with Crippen LogP contribution >= 0.6 is 22.9 Å². The molecule has 90 valence electrons. The van der Waals surface area contributed by atoms with E-state index in [0.29, 0.717) is 5.02 Å². The van der Waals surface area contributed by atoms with Crippen LogP contribution in [-0.2, 0) is 4.74 Å². The minimum atomic E-state index is -0.741. The molecule has 0 aliphatic rings. The zero-order chi connectivity index (χ0) is 12.3. The van der Waals surface area contributed by atoms with E-state index in [4.69, 9.17) is 16.3 Å². The summed E-state index contributed by atoms with van der Waals surface area (Å²) >= 11 is 7.45. The number of rotatable bonds is 4. The van der Waals surface area contributed by atoms with E-state index in [1.165, 1.54) is 11.3 Å². The zero-order valence-electron chi connectivity index (χ0n) is 9.34. The predicted octanol–water partition coefficient (Wildman–Crippen LogP) is 3.82. The van der Waals surface area contributed by atoms with E-state index in [2.05, 4.69) is 0 Å². The van der Waals surface area contributed by atoms with E-state index in [0.717, 1.165) is 10.4 Å². The molecule has 0 radical (unpaired) electrons. The number of aliphatic hydroxyl groups excluding tert-OH is 1. The van der Waals surface area contributed by atoms with Crippen LogP contribution in [0.25, 0.3) is 0 Å². The molecule has 4 heteroatoms. The third kappa shape index (κ3) is 2.69. The van der Waals surface area contributed by atoms with Crippen LogP contribution in [0.2, 0.25) is 5.02 Å². The first kappa shape index (κ1) is 12.6. The summed E-state index contributed by atoms with van der Waals surface area (Å²) in [6.45, 7) is 0. The Morgan fingerprint density at radius 2 is 1.94 bits per heavy atom. The quantitative estimate of drug-likeness (QED) is 0.913. The van der Waals surface area contributed by atoms with E-state index in [1.54, 1.807) is 13.2 Å². The van der Waals surface area contributed by atoms with Gasteiger partial charge in [-0.2, -0.15) is 0 Å². The third-order valence-corrected chi connectivity index (χ3v) is 4.01. The molecule has 1 aromatic heterocycles. The maximum Gasteiger partial charge on any atom is 0.120 e. The summed E-state index contributed by atoms with van der Waals surface area (Å²) < 4.78 is 5.37. The van der Waals surface area contributed by atoms with E-state index in [1.807, 2.05) is 35.7 Å². The van der Waals surface area contributed by atoms with Crippen LogP contribution in [0.1, 0.15) is 22.6 Å². The van der Waals surface area contributed by atoms with Gasteiger partial charge in [0.2, 0.25) is 0 Å². The first-order valence-corrected chi connectivity index (χ1v) is 6.48. The van der Waals surface area contributed by atoms with E-state index in [-0.39, 0.29) is 0 Å². The highest BCUT2D eigenvalue weighted by Crippen LogP contribution is 2.37. The molecule has 0 aliphatic carbocycles. The lowest BCUT2D eigenvalue weighted by Gasteiger charge is -2.21. The summed E-state index contributed by atoms with van der Waals surface area (Å²) in [7, 11) is 1.59. The lowest BCUT2D eigenvalue weighted by Crippen LogP contribution is -2.12. The van der Waals surface area contributed by atoms with Gasteiger partial charge in [0.25, 0.3) is 0 Å². The van der Waals surface area contributed by atoms with Gasteiger partial charge in [-0.05, 0) is 17.0 Å². The summed E-state index contributed by atoms with van der Waals surface area (Å²) in [5, 5.41) is 12.7. The molecular weight excluding hydrogens is 256 g/mol. The lowest BCUT2D eigenvalue weighted by atomic mass is 10.0. The molecule has 2 unspecified atom stereocenters. The molecule has 0 fully saturated rings. The van der Waals surface area contributed by atoms with Crippen LogP contribution in [0.4, 0.5) is 0 Å². The van der Waals surface area contributed by atoms with Gasteiger partial charge in [0.1, 0.15) is 12.2 Å². The number of halogens is 1. The summed E-state index contributed by atoms with van der Waals surface area (Å²) in [5.41, 5.74) is 0.937. The third-order valence-electron chi connectivity index (χ3n) is 2.58. The highest BCUT2D eigenvalue weighted by molar-refractivity contribution is 7.10. The van der Waals surface area contributed by atoms with Crippen molar-refractivity contribution in [2.75, 3.05) is 7.11 Å². The number of thiophene rings is 1. The number of ether oxygens (including phenoxy) is 1. The zero-order valence-corrected chi connectivity index (χ0v) is 10.9. The Morgan fingerprint density at radius 3 is 2.47 bits per heavy atom. The Balaban J connectivity index is 2.28. The van der Waals surface area contributed by atoms with Crippen LogP contribution < -0.4 is 0 Å². The average molecular weight is 269 g/mol. The first-order chi connectivity index (χ1) is 8.24. The molecule has 0 spiro atoms. The topological polar surface area (TPSA) is 29.5 Å². The van der Waals surface area contributed by atoms with Gasteiger partial charge in [0.15, 0.2) is 0 Å². The minimum Gasteiger partial charge on any atom is -0.384 e. The van der Waals surface area contributed by atoms with Gasteiger partial charge in [-0.25, -0.2) is 0 Å². The Kier molecular flexibility index (Phi) is 4.18. The van der Waals surface area contributed by atoms with Gasteiger partial charge >= 0.3 is 0 Å². The number of aliphatic hydroxyl groups is 1. The van der Waals surface area contributed by atoms with Crippen molar-refractivity contribution in [3.63, 3.8) is 0 Å². The fourth-order valence-electron chi connectivity index (χ4n) is 1.74. The van der Waals surface area contributed by atoms with E-state index in [9.17, 15) is 5.11 Å². The molecule has 0 amide bonds. The van der Waals surface area contributed by atoms with E-state index < -0.39 is 12.2 Å². The number of benzene rings is 1. The smallest absolute Gasteiger partial charge is 0.120 e. The summed E-state index contributed by atoms with van der Waals surface area (Å²) in [6.07, 6.45) is -1.14. The van der Waals surface area contributed by atoms with Crippen molar-refractivity contribution in [1.82, 2.24) is 0 Å². The second kappa shape index (κ2) is 5.65. The fraction of sp³-hybridized carbons (Fsp3) is 0.231. The molecule has 0 aliphatic heterocycles. The molecule has 17 heavy (non-hydrogen) atoms. The molecular formula is C13H13ClO2S. The summed E-state index contributed by atoms with van der Waals surface area (Å²) in [4.78, 5) is 0.738. The molecule has 1 aromatic carbocycles. The van der Waals surface area contributed by atoms with Gasteiger partial charge in [0.05, 0.1) is 9.90 Å². The number of methoxy groups -OCH3 is 1. The Morgan fingerprint density at radius 1 is 1.24 bits per heavy atom. The van der Waals surface area contributed by atoms with Gasteiger partial charge in [-0.15, -0.1) is 11.3 Å². The Labute approximate surface area is 109 Å². The Bertz CT molecular complexity index is 469. The average Bonchev–Trinajstić information content (AvgIpc) is 2.77. The number of hydrogen-bond donors (Lipinski definition) is 1. The first-order valence-electron chi connectivity index (χ1n) is 5.22. The maximum absolute atomic E-state index is 10.3. The van der Waals surface area contributed by atoms with Crippen LogP contribution in [0.15, 0.2) is 41.8 Å². The highest BCUT2D eigenvalue weighted by atomic mass is 35.5. The van der Waals surface area contributed by atoms with E-state index >= 15 is 0 Å². The molecule has 0 bridgehead atoms. The minimum absolute atomic E-state index is 0.396. The van der Waals surface area contributed by atoms with Crippen molar-refractivity contribution < 1.29 is 9.84 Å². The monoisotopic (exact) mass is 268 g/mol. The second-order valence-corrected chi connectivity index (χ2v) is 5.00. The van der Waals surface area contributed by atoms with Crippen LogP contribution in [0.3, 0.4) is 0 Å². The lowest BCUT2D eigenvalue weighted by molar-refractivity contribution is -0.0130. The van der Waals surface area contributed by atoms with Gasteiger partial charge in [0, 0.05) is 7.11 Å². The van der Waals surface area contributed by atoms with Crippen LogP contribution in [0.5, 0.6) is 0 Å². The molecule has 1 heterocycles. The van der Waals surface area contributed by atoms with Crippen LogP contribution in [0, 0.1) is 0 Å². The van der Waals surface area contributed by atoms with Crippen molar-refractivity contribution in [1.29, 1.82) is 0 Å². The Hall–Kier alpha value is -0.870. The molecule has 2 nitrogen and oxygen atoms in total. The van der Waals surface area contributed by atoms with Gasteiger partial charge in [-0.1, -0.05) is 41.9 Å². The van der Waals surface area contributed by atoms with Crippen molar-refractivity contribution >= 4 is 22.9 Å². The molecule has 2 aromatic rings. The van der Waals surface area contributed by atoms with Gasteiger partial charge < -0.3 is 9.84 Å². The maximum atomic E-state index is 10.3. The molecule has 2 atom stereocenters. The van der Waals surface area contributed by atoms with Crippen molar-refractivity contribution in [2.24, 2.45) is 0 Å². The molecule has 1 N–H and O–H groups in total. The molecule has 0 saturated carbocycles. The normalized spacial score (nSPS) is 14.5. The summed E-state index contributed by atoms with van der Waals surface area (Å²) in [5.74, 6) is 0. The standard InChI is InChI=1S/C13H13ClO2S/c1-16-12(9-5-3-2-4-6-9)11(15)13-10(14)7-8-17-13/h2-8,11-12,15H,1H3. The molecule has 2 rings (SSSR count). The SMILES string of the molecule is COC(c1ccccc1)C(O)c1sccc1Cl. The van der Waals surface area contributed by atoms with Crippen molar-refractivity contribution in [3.05, 3.63) is 57.2 Å². The highest BCUT2D eigenvalue weighted by Gasteiger charge is 2.25. The van der Waals surface area contributed by atoms with Gasteiger partial charge in [-0.3, -0.25) is 0 Å². The largest absolute Gasteiger partial charge is 0.384 e. The summed E-state index contributed by atoms with van der Waals surface area (Å²) in [6, 6.07) is 11.4.